The van der Waals surface area contributed by atoms with Crippen LogP contribution in [0.15, 0.2) is 24.3 Å². The first-order chi connectivity index (χ1) is 8.63. The van der Waals surface area contributed by atoms with Crippen LogP contribution in [-0.2, 0) is 0 Å². The molecule has 2 amide bonds. The van der Waals surface area contributed by atoms with E-state index in [0.29, 0.717) is 6.54 Å². The van der Waals surface area contributed by atoms with Gasteiger partial charge in [0.05, 0.1) is 0 Å². The number of nitrogens with zero attached hydrogens (tertiary/aromatic N) is 1. The molecule has 0 saturated carbocycles. The fourth-order valence-corrected chi connectivity index (χ4v) is 1.59. The van der Waals surface area contributed by atoms with Crippen molar-refractivity contribution in [2.75, 3.05) is 25.5 Å². The molecule has 0 aromatic heterocycles. The number of amides is 2. The molecule has 0 saturated heterocycles. The Morgan fingerprint density at radius 3 is 2.50 bits per heavy atom. The summed E-state index contributed by atoms with van der Waals surface area (Å²) in [5.74, 6) is 0. The van der Waals surface area contributed by atoms with E-state index >= 15 is 0 Å². The summed E-state index contributed by atoms with van der Waals surface area (Å²) in [6.07, 6.45) is 2.66. The van der Waals surface area contributed by atoms with Crippen LogP contribution in [-0.4, -0.2) is 36.2 Å². The monoisotopic (exact) mass is 250 g/mol. The van der Waals surface area contributed by atoms with Gasteiger partial charge in [-0.15, -0.1) is 0 Å². The highest BCUT2D eigenvalue weighted by Crippen LogP contribution is 2.09. The molecule has 0 bridgehead atoms. The fourth-order valence-electron chi connectivity index (χ4n) is 1.59. The number of benzene rings is 1. The van der Waals surface area contributed by atoms with E-state index in [-0.39, 0.29) is 12.6 Å². The minimum Gasteiger partial charge on any atom is -0.396 e. The normalized spacial score (nSPS) is 10.2. The molecule has 0 heterocycles. The largest absolute Gasteiger partial charge is 0.396 e. The third-order valence-corrected chi connectivity index (χ3v) is 2.80. The highest BCUT2D eigenvalue weighted by molar-refractivity contribution is 5.89. The second-order valence-corrected chi connectivity index (χ2v) is 4.50. The Bertz CT molecular complexity index is 363. The van der Waals surface area contributed by atoms with Gasteiger partial charge in [0.2, 0.25) is 0 Å². The molecular formula is C14H22N2O2. The first-order valence-corrected chi connectivity index (χ1v) is 6.33. The maximum Gasteiger partial charge on any atom is 0.321 e. The quantitative estimate of drug-likeness (QED) is 0.762. The molecule has 0 radical (unpaired) electrons. The van der Waals surface area contributed by atoms with E-state index < -0.39 is 0 Å². The van der Waals surface area contributed by atoms with Crippen molar-refractivity contribution in [2.24, 2.45) is 0 Å². The molecule has 4 heteroatoms. The summed E-state index contributed by atoms with van der Waals surface area (Å²) in [6, 6.07) is 7.63. The predicted octanol–water partition coefficient (Wildman–Crippen LogP) is 2.62. The van der Waals surface area contributed by atoms with E-state index in [1.54, 1.807) is 11.9 Å². The molecule has 4 nitrogen and oxygen atoms in total. The number of aliphatic hydroxyl groups excluding tert-OH is 1. The Labute approximate surface area is 109 Å². The third-order valence-electron chi connectivity index (χ3n) is 2.80. The van der Waals surface area contributed by atoms with Crippen molar-refractivity contribution in [1.82, 2.24) is 4.90 Å². The Balaban J connectivity index is 2.33. The van der Waals surface area contributed by atoms with Gasteiger partial charge in [-0.05, 0) is 38.3 Å². The predicted molar refractivity (Wildman–Crippen MR) is 73.8 cm³/mol. The molecule has 1 rings (SSSR count). The van der Waals surface area contributed by atoms with Crippen LogP contribution in [0.25, 0.3) is 0 Å². The molecular weight excluding hydrogens is 228 g/mol. The summed E-state index contributed by atoms with van der Waals surface area (Å²) in [6.45, 7) is 2.94. The van der Waals surface area contributed by atoms with Gasteiger partial charge in [0, 0.05) is 25.9 Å². The lowest BCUT2D eigenvalue weighted by atomic mass is 10.2. The Morgan fingerprint density at radius 2 is 1.89 bits per heavy atom. The van der Waals surface area contributed by atoms with Gasteiger partial charge in [0.25, 0.3) is 0 Å². The smallest absolute Gasteiger partial charge is 0.321 e. The molecule has 18 heavy (non-hydrogen) atoms. The van der Waals surface area contributed by atoms with E-state index in [1.807, 2.05) is 31.2 Å². The number of aryl methyl sites for hydroxylation is 1. The summed E-state index contributed by atoms with van der Waals surface area (Å²) in [7, 11) is 1.78. The summed E-state index contributed by atoms with van der Waals surface area (Å²) in [4.78, 5) is 13.5. The van der Waals surface area contributed by atoms with Gasteiger partial charge >= 0.3 is 6.03 Å². The van der Waals surface area contributed by atoms with Gasteiger partial charge < -0.3 is 15.3 Å². The van der Waals surface area contributed by atoms with Crippen LogP contribution < -0.4 is 5.32 Å². The topological polar surface area (TPSA) is 52.6 Å². The Morgan fingerprint density at radius 1 is 1.22 bits per heavy atom. The molecule has 0 aliphatic heterocycles. The number of rotatable bonds is 6. The number of urea groups is 1. The number of aliphatic hydroxyl groups is 1. The van der Waals surface area contributed by atoms with Crippen molar-refractivity contribution in [3.8, 4) is 0 Å². The SMILES string of the molecule is Cc1ccc(NC(=O)N(C)CCCCCO)cc1. The second kappa shape index (κ2) is 7.71. The summed E-state index contributed by atoms with van der Waals surface area (Å²) >= 11 is 0. The number of anilines is 1. The summed E-state index contributed by atoms with van der Waals surface area (Å²) in [5.41, 5.74) is 1.98. The lowest BCUT2D eigenvalue weighted by Crippen LogP contribution is -2.32. The molecule has 1 aromatic carbocycles. The first-order valence-electron chi connectivity index (χ1n) is 6.33. The molecule has 2 N–H and O–H groups in total. The lowest BCUT2D eigenvalue weighted by Gasteiger charge is -2.17. The second-order valence-electron chi connectivity index (χ2n) is 4.50. The molecule has 0 fully saturated rings. The average Bonchev–Trinajstić information content (AvgIpc) is 2.37. The molecule has 1 aromatic rings. The van der Waals surface area contributed by atoms with Gasteiger partial charge in [-0.3, -0.25) is 0 Å². The Hall–Kier alpha value is -1.55. The molecule has 100 valence electrons. The van der Waals surface area contributed by atoms with E-state index in [9.17, 15) is 4.79 Å². The van der Waals surface area contributed by atoms with Crippen molar-refractivity contribution in [2.45, 2.75) is 26.2 Å². The standard InChI is InChI=1S/C14H22N2O2/c1-12-6-8-13(9-7-12)15-14(18)16(2)10-4-3-5-11-17/h6-9,17H,3-5,10-11H2,1-2H3,(H,15,18). The summed E-state index contributed by atoms with van der Waals surface area (Å²) in [5, 5.41) is 11.5. The van der Waals surface area contributed by atoms with E-state index in [4.69, 9.17) is 5.11 Å². The van der Waals surface area contributed by atoms with Gasteiger partial charge in [0.1, 0.15) is 0 Å². The number of carbonyl (C=O) groups is 1. The molecule has 0 spiro atoms. The maximum atomic E-state index is 11.8. The first kappa shape index (κ1) is 14.5. The van der Waals surface area contributed by atoms with Crippen molar-refractivity contribution in [3.63, 3.8) is 0 Å². The molecule has 0 unspecified atom stereocenters. The van der Waals surface area contributed by atoms with Crippen LogP contribution in [0.3, 0.4) is 0 Å². The average molecular weight is 250 g/mol. The lowest BCUT2D eigenvalue weighted by molar-refractivity contribution is 0.220. The molecule has 0 aliphatic rings. The highest BCUT2D eigenvalue weighted by atomic mass is 16.2. The van der Waals surface area contributed by atoms with Crippen LogP contribution in [0.5, 0.6) is 0 Å². The highest BCUT2D eigenvalue weighted by Gasteiger charge is 2.07. The summed E-state index contributed by atoms with van der Waals surface area (Å²) < 4.78 is 0. The van der Waals surface area contributed by atoms with Crippen LogP contribution in [0.4, 0.5) is 10.5 Å². The van der Waals surface area contributed by atoms with Crippen LogP contribution >= 0.6 is 0 Å². The van der Waals surface area contributed by atoms with Crippen LogP contribution in [0, 0.1) is 6.92 Å². The number of hydrogen-bond donors (Lipinski definition) is 2. The maximum absolute atomic E-state index is 11.8. The van der Waals surface area contributed by atoms with Crippen LogP contribution in [0.1, 0.15) is 24.8 Å². The molecule has 0 aliphatic carbocycles. The zero-order chi connectivity index (χ0) is 13.4. The zero-order valence-corrected chi connectivity index (χ0v) is 11.1. The third kappa shape index (κ3) is 5.19. The zero-order valence-electron chi connectivity index (χ0n) is 11.1. The van der Waals surface area contributed by atoms with Crippen molar-refractivity contribution < 1.29 is 9.90 Å². The van der Waals surface area contributed by atoms with Crippen molar-refractivity contribution in [3.05, 3.63) is 29.8 Å². The van der Waals surface area contributed by atoms with Gasteiger partial charge in [-0.1, -0.05) is 17.7 Å². The van der Waals surface area contributed by atoms with Crippen molar-refractivity contribution in [1.29, 1.82) is 0 Å². The minimum absolute atomic E-state index is 0.0946. The Kier molecular flexibility index (Phi) is 6.22. The van der Waals surface area contributed by atoms with E-state index in [2.05, 4.69) is 5.32 Å². The number of hydrogen-bond acceptors (Lipinski definition) is 2. The van der Waals surface area contributed by atoms with Crippen LogP contribution in [0.2, 0.25) is 0 Å². The number of unbranched alkanes of at least 4 members (excludes halogenated alkanes) is 2. The number of carbonyl (C=O) groups excluding carboxylic acids is 1. The minimum atomic E-state index is -0.0946. The molecule has 0 atom stereocenters. The van der Waals surface area contributed by atoms with E-state index in [1.165, 1.54) is 5.56 Å². The van der Waals surface area contributed by atoms with Gasteiger partial charge in [-0.2, -0.15) is 0 Å². The number of nitrogens with one attached hydrogen (secondary N) is 1. The van der Waals surface area contributed by atoms with E-state index in [0.717, 1.165) is 24.9 Å². The van der Waals surface area contributed by atoms with Gasteiger partial charge in [-0.25, -0.2) is 4.79 Å². The van der Waals surface area contributed by atoms with Crippen molar-refractivity contribution >= 4 is 11.7 Å². The van der Waals surface area contributed by atoms with Gasteiger partial charge in [0.15, 0.2) is 0 Å². The fraction of sp³-hybridized carbons (Fsp3) is 0.500.